The number of nitrogens with one attached hydrogen (secondary N) is 1. The Bertz CT molecular complexity index is 1660. The van der Waals surface area contributed by atoms with E-state index < -0.39 is 23.3 Å². The van der Waals surface area contributed by atoms with Gasteiger partial charge in [0.2, 0.25) is 5.69 Å². The number of alkyl halides is 3. The number of carbonyl (C=O) groups is 1. The third-order valence-electron chi connectivity index (χ3n) is 5.34. The molecule has 0 radical (unpaired) electrons. The van der Waals surface area contributed by atoms with Crippen LogP contribution in [0.2, 0.25) is 0 Å². The van der Waals surface area contributed by atoms with Crippen molar-refractivity contribution in [2.75, 3.05) is 5.32 Å². The molecule has 178 valence electrons. The highest BCUT2D eigenvalue weighted by atomic mass is 19.4. The molecule has 1 aromatic carbocycles. The number of amides is 1. The van der Waals surface area contributed by atoms with Gasteiger partial charge in [-0.25, -0.2) is 9.53 Å². The molecule has 4 heterocycles. The average Bonchev–Trinajstić information content (AvgIpc) is 3.50. The minimum Gasteiger partial charge on any atom is -0.322 e. The third-order valence-corrected chi connectivity index (χ3v) is 5.34. The van der Waals surface area contributed by atoms with Crippen LogP contribution in [0.1, 0.15) is 16.1 Å². The molecule has 9 nitrogen and oxygen atoms in total. The van der Waals surface area contributed by atoms with E-state index in [-0.39, 0.29) is 22.8 Å². The van der Waals surface area contributed by atoms with E-state index in [0.717, 1.165) is 6.20 Å². The van der Waals surface area contributed by atoms with Crippen LogP contribution in [0.25, 0.3) is 32.8 Å². The zero-order valence-electron chi connectivity index (χ0n) is 18.5. The number of pyridine rings is 2. The molecule has 0 saturated heterocycles. The van der Waals surface area contributed by atoms with Crippen LogP contribution in [0.15, 0.2) is 67.3 Å². The molecule has 0 aliphatic heterocycles. The number of anilines is 1. The molecule has 0 spiro atoms. The maximum Gasteiger partial charge on any atom is 0.434 e. The van der Waals surface area contributed by atoms with Crippen LogP contribution in [0.4, 0.5) is 24.5 Å². The van der Waals surface area contributed by atoms with E-state index in [1.807, 2.05) is 0 Å². The van der Waals surface area contributed by atoms with Gasteiger partial charge in [0.05, 0.1) is 35.2 Å². The zero-order chi connectivity index (χ0) is 25.4. The number of aryl methyl sites for hydroxylation is 1. The lowest BCUT2D eigenvalue weighted by atomic mass is 10.1. The Morgan fingerprint density at radius 1 is 1.11 bits per heavy atom. The zero-order valence-corrected chi connectivity index (χ0v) is 18.5. The van der Waals surface area contributed by atoms with Crippen molar-refractivity contribution in [1.29, 1.82) is 0 Å². The smallest absolute Gasteiger partial charge is 0.322 e. The Morgan fingerprint density at radius 2 is 1.94 bits per heavy atom. The van der Waals surface area contributed by atoms with Gasteiger partial charge < -0.3 is 5.32 Å². The van der Waals surface area contributed by atoms with E-state index in [9.17, 15) is 18.0 Å². The van der Waals surface area contributed by atoms with Gasteiger partial charge in [-0.05, 0) is 36.4 Å². The summed E-state index contributed by atoms with van der Waals surface area (Å²) in [7, 11) is 1.71. The molecule has 0 aliphatic carbocycles. The fraction of sp³-hybridized carbons (Fsp3) is 0.0833. The topological polar surface area (TPSA) is 94.9 Å². The highest BCUT2D eigenvalue weighted by Gasteiger charge is 2.41. The van der Waals surface area contributed by atoms with Gasteiger partial charge in [-0.3, -0.25) is 19.4 Å². The van der Waals surface area contributed by atoms with E-state index in [1.54, 1.807) is 48.3 Å². The summed E-state index contributed by atoms with van der Waals surface area (Å²) in [4.78, 5) is 24.7. The first-order valence-corrected chi connectivity index (χ1v) is 10.4. The van der Waals surface area contributed by atoms with Crippen LogP contribution >= 0.6 is 0 Å². The van der Waals surface area contributed by atoms with E-state index in [1.165, 1.54) is 24.5 Å². The third kappa shape index (κ3) is 4.03. The number of fused-ring (bicyclic) bond motifs is 1. The molecule has 5 rings (SSSR count). The van der Waals surface area contributed by atoms with Crippen LogP contribution < -0.4 is 5.32 Å². The van der Waals surface area contributed by atoms with Gasteiger partial charge in [-0.15, -0.1) is 0 Å². The molecule has 0 atom stereocenters. The Morgan fingerprint density at radius 3 is 2.67 bits per heavy atom. The molecule has 5 aromatic rings. The van der Waals surface area contributed by atoms with Crippen molar-refractivity contribution in [2.24, 2.45) is 7.05 Å². The number of rotatable bonds is 4. The fourth-order valence-corrected chi connectivity index (χ4v) is 3.79. The summed E-state index contributed by atoms with van der Waals surface area (Å²) in [6.07, 6.45) is 0.436. The van der Waals surface area contributed by atoms with E-state index in [2.05, 4.69) is 30.3 Å². The number of hydrogen-bond donors (Lipinski definition) is 1. The molecule has 1 amide bonds. The van der Waals surface area contributed by atoms with Crippen molar-refractivity contribution in [3.8, 4) is 17.1 Å². The predicted molar refractivity (Wildman–Crippen MR) is 125 cm³/mol. The first-order chi connectivity index (χ1) is 17.3. The monoisotopic (exact) mass is 488 g/mol. The van der Waals surface area contributed by atoms with Crippen molar-refractivity contribution in [1.82, 2.24) is 29.5 Å². The van der Waals surface area contributed by atoms with Gasteiger partial charge in [0, 0.05) is 36.7 Å². The molecular weight excluding hydrogens is 473 g/mol. The van der Waals surface area contributed by atoms with E-state index in [0.29, 0.717) is 21.3 Å². The van der Waals surface area contributed by atoms with E-state index in [4.69, 9.17) is 6.57 Å². The molecule has 0 aliphatic rings. The molecular formula is C24H15F3N8O. The van der Waals surface area contributed by atoms with E-state index >= 15 is 0 Å². The van der Waals surface area contributed by atoms with Gasteiger partial charge in [-0.2, -0.15) is 23.4 Å². The molecule has 0 fully saturated rings. The average molecular weight is 488 g/mol. The second-order valence-corrected chi connectivity index (χ2v) is 7.70. The lowest BCUT2D eigenvalue weighted by molar-refractivity contribution is -0.143. The predicted octanol–water partition coefficient (Wildman–Crippen LogP) is 5.04. The normalized spacial score (nSPS) is 11.4. The molecule has 1 N–H and O–H groups in total. The van der Waals surface area contributed by atoms with Crippen molar-refractivity contribution >= 4 is 28.2 Å². The fourth-order valence-electron chi connectivity index (χ4n) is 3.79. The second kappa shape index (κ2) is 8.62. The number of carbonyl (C=O) groups excluding carboxylic acids is 1. The number of aromatic nitrogens is 6. The first-order valence-electron chi connectivity index (χ1n) is 10.4. The van der Waals surface area contributed by atoms with Gasteiger partial charge in [0.25, 0.3) is 5.91 Å². The maximum absolute atomic E-state index is 14.2. The van der Waals surface area contributed by atoms with Gasteiger partial charge >= 0.3 is 6.18 Å². The summed E-state index contributed by atoms with van der Waals surface area (Å²) in [5, 5.41) is 10.9. The SMILES string of the molecule is [C-]#[N+]c1cc(NC(=O)c2cnn(-c3cccc4ncccc34)c2C(F)(F)F)cnc1-c1ccn(C)n1. The minimum atomic E-state index is -4.89. The summed E-state index contributed by atoms with van der Waals surface area (Å²) in [6.45, 7) is 7.43. The van der Waals surface area contributed by atoms with Crippen LogP contribution in [0, 0.1) is 6.57 Å². The lowest BCUT2D eigenvalue weighted by Crippen LogP contribution is -2.21. The van der Waals surface area contributed by atoms with Crippen LogP contribution in [0.5, 0.6) is 0 Å². The van der Waals surface area contributed by atoms with Crippen molar-refractivity contribution in [2.45, 2.75) is 6.18 Å². The standard InChI is InChI=1S/C24H15F3N8O/c1-28-19-11-14(12-30-21(19)18-8-10-34(2)33-18)32-23(36)16-13-31-35(22(16)24(25,26)27)20-7-3-6-17-15(20)5-4-9-29-17/h3-13H,2H3,(H,32,36). The summed E-state index contributed by atoms with van der Waals surface area (Å²) in [5.41, 5.74) is -0.425. The largest absolute Gasteiger partial charge is 0.434 e. The van der Waals surface area contributed by atoms with Gasteiger partial charge in [0.1, 0.15) is 5.69 Å². The highest BCUT2D eigenvalue weighted by molar-refractivity contribution is 6.05. The second-order valence-electron chi connectivity index (χ2n) is 7.70. The molecule has 12 heteroatoms. The summed E-state index contributed by atoms with van der Waals surface area (Å²) < 4.78 is 44.7. The minimum absolute atomic E-state index is 0.0564. The van der Waals surface area contributed by atoms with Crippen LogP contribution in [-0.2, 0) is 13.2 Å². The number of benzene rings is 1. The molecule has 0 bridgehead atoms. The van der Waals surface area contributed by atoms with Gasteiger partial charge in [-0.1, -0.05) is 6.07 Å². The first kappa shape index (κ1) is 22.7. The summed E-state index contributed by atoms with van der Waals surface area (Å²) >= 11 is 0. The van der Waals surface area contributed by atoms with Crippen molar-refractivity contribution in [3.63, 3.8) is 0 Å². The highest BCUT2D eigenvalue weighted by Crippen LogP contribution is 2.36. The van der Waals surface area contributed by atoms with Crippen molar-refractivity contribution < 1.29 is 18.0 Å². The van der Waals surface area contributed by atoms with Crippen molar-refractivity contribution in [3.05, 3.63) is 89.9 Å². The molecule has 0 saturated carbocycles. The Balaban J connectivity index is 1.53. The summed E-state index contributed by atoms with van der Waals surface area (Å²) in [5.74, 6) is -1.05. The Labute approximate surface area is 201 Å². The van der Waals surface area contributed by atoms with Crippen LogP contribution in [0.3, 0.4) is 0 Å². The number of halogens is 3. The molecule has 0 unspecified atom stereocenters. The molecule has 4 aromatic heterocycles. The van der Waals surface area contributed by atoms with Gasteiger partial charge in [0.15, 0.2) is 5.69 Å². The van der Waals surface area contributed by atoms with Crippen LogP contribution in [-0.4, -0.2) is 35.4 Å². The Kier molecular flexibility index (Phi) is 5.44. The Hall–Kier alpha value is -5.05. The number of hydrogen-bond acceptors (Lipinski definition) is 5. The lowest BCUT2D eigenvalue weighted by Gasteiger charge is -2.14. The maximum atomic E-state index is 14.2. The number of nitrogens with zero attached hydrogens (tertiary/aromatic N) is 7. The summed E-state index contributed by atoms with van der Waals surface area (Å²) in [6, 6.07) is 10.9. The molecule has 36 heavy (non-hydrogen) atoms. The quantitative estimate of drug-likeness (QED) is 0.358.